The van der Waals surface area contributed by atoms with E-state index in [1.165, 1.54) is 17.5 Å². The Morgan fingerprint density at radius 2 is 2.03 bits per heavy atom. The third-order valence-electron chi connectivity index (χ3n) is 4.82. The summed E-state index contributed by atoms with van der Waals surface area (Å²) in [5.74, 6) is 0.637. The van der Waals surface area contributed by atoms with Gasteiger partial charge in [0.2, 0.25) is 0 Å². The lowest BCUT2D eigenvalue weighted by molar-refractivity contribution is -0.154. The van der Waals surface area contributed by atoms with Crippen LogP contribution in [-0.4, -0.2) is 28.0 Å². The van der Waals surface area contributed by atoms with Crippen molar-refractivity contribution in [3.8, 4) is 11.8 Å². The van der Waals surface area contributed by atoms with Crippen LogP contribution in [0.1, 0.15) is 57.7 Å². The highest BCUT2D eigenvalue weighted by molar-refractivity contribution is 9.10. The van der Waals surface area contributed by atoms with Crippen LogP contribution in [0.4, 0.5) is 0 Å². The topological polar surface area (TPSA) is 62.6 Å². The molecule has 0 saturated heterocycles. The molecule has 2 aromatic carbocycles. The molecule has 1 aliphatic rings. The lowest BCUT2D eigenvalue weighted by atomic mass is 9.94. The highest BCUT2D eigenvalue weighted by Gasteiger charge is 2.27. The molecular weight excluding hydrogens is 488 g/mol. The first-order chi connectivity index (χ1) is 14.9. The smallest absolute Gasteiger partial charge is 0.321 e. The maximum Gasteiger partial charge on any atom is 0.321 e. The van der Waals surface area contributed by atoms with Gasteiger partial charge in [-0.1, -0.05) is 15.9 Å². The lowest BCUT2D eigenvalue weighted by Crippen LogP contribution is -2.32. The van der Waals surface area contributed by atoms with E-state index in [-0.39, 0.29) is 18.1 Å². The van der Waals surface area contributed by atoms with Crippen molar-refractivity contribution in [3.05, 3.63) is 57.6 Å². The summed E-state index contributed by atoms with van der Waals surface area (Å²) in [5, 5.41) is 9.30. The number of hydrogen-bond acceptors (Lipinski definition) is 6. The minimum atomic E-state index is -0.548. The number of rotatable bonds is 6. The van der Waals surface area contributed by atoms with E-state index in [0.29, 0.717) is 12.1 Å². The van der Waals surface area contributed by atoms with Crippen LogP contribution in [0.25, 0.3) is 0 Å². The van der Waals surface area contributed by atoms with Gasteiger partial charge in [-0.25, -0.2) is 4.31 Å². The Morgan fingerprint density at radius 1 is 1.28 bits per heavy atom. The van der Waals surface area contributed by atoms with Gasteiger partial charge in [-0.2, -0.15) is 5.26 Å². The highest BCUT2D eigenvalue weighted by Crippen LogP contribution is 2.36. The Labute approximate surface area is 203 Å². The van der Waals surface area contributed by atoms with Gasteiger partial charge in [0.1, 0.15) is 23.5 Å². The molecule has 0 radical (unpaired) electrons. The van der Waals surface area contributed by atoms with E-state index >= 15 is 0 Å². The molecule has 0 atom stereocenters. The molecule has 0 spiro atoms. The molecule has 0 N–H and O–H groups in total. The molecule has 2 aromatic rings. The van der Waals surface area contributed by atoms with Gasteiger partial charge in [-0.3, -0.25) is 4.79 Å². The van der Waals surface area contributed by atoms with Crippen LogP contribution in [0.3, 0.4) is 0 Å². The van der Waals surface area contributed by atoms with E-state index in [9.17, 15) is 10.1 Å². The van der Waals surface area contributed by atoms with Crippen molar-refractivity contribution in [2.45, 2.75) is 70.1 Å². The summed E-state index contributed by atoms with van der Waals surface area (Å²) >= 11 is 4.98. The third-order valence-corrected chi connectivity index (χ3v) is 6.26. The monoisotopic (exact) mass is 516 g/mol. The summed E-state index contributed by atoms with van der Waals surface area (Å²) < 4.78 is 14.5. The van der Waals surface area contributed by atoms with Crippen molar-refractivity contribution < 1.29 is 14.3 Å². The number of fused-ring (bicyclic) bond motifs is 1. The zero-order valence-corrected chi connectivity index (χ0v) is 21.6. The average molecular weight is 517 g/mol. The van der Waals surface area contributed by atoms with Gasteiger partial charge in [-0.05, 0) is 107 Å². The number of nitrogens with zero attached hydrogens (tertiary/aromatic N) is 2. The summed E-state index contributed by atoms with van der Waals surface area (Å²) in [6, 6.07) is 13.9. The van der Waals surface area contributed by atoms with Crippen molar-refractivity contribution in [2.24, 2.45) is 0 Å². The number of aryl methyl sites for hydroxylation is 1. The Hall–Kier alpha value is -2.01. The second-order valence-electron chi connectivity index (χ2n) is 9.57. The summed E-state index contributed by atoms with van der Waals surface area (Å²) in [4.78, 5) is 13.6. The Morgan fingerprint density at radius 3 is 2.72 bits per heavy atom. The SMILES string of the molecule is CC(C)(C)OC(=O)CN(Cc1cc(Br)cc(C#N)c1)Sc1ccc2c(c1)CCC(C)(C)O2. The fourth-order valence-electron chi connectivity index (χ4n) is 3.49. The summed E-state index contributed by atoms with van der Waals surface area (Å²) in [6.45, 7) is 10.4. The normalized spacial score (nSPS) is 14.9. The summed E-state index contributed by atoms with van der Waals surface area (Å²) in [5.41, 5.74) is 2.00. The van der Waals surface area contributed by atoms with E-state index in [1.807, 2.05) is 49.3 Å². The van der Waals surface area contributed by atoms with Gasteiger partial charge in [0.05, 0.1) is 11.6 Å². The second kappa shape index (κ2) is 9.86. The molecule has 1 heterocycles. The number of ether oxygens (including phenoxy) is 2. The molecule has 32 heavy (non-hydrogen) atoms. The molecule has 0 bridgehead atoms. The van der Waals surface area contributed by atoms with Gasteiger partial charge < -0.3 is 9.47 Å². The second-order valence-corrected chi connectivity index (χ2v) is 11.7. The minimum absolute atomic E-state index is 0.122. The van der Waals surface area contributed by atoms with Crippen LogP contribution in [0.5, 0.6) is 5.75 Å². The van der Waals surface area contributed by atoms with Gasteiger partial charge >= 0.3 is 5.97 Å². The zero-order valence-electron chi connectivity index (χ0n) is 19.2. The number of nitriles is 1. The molecular formula is C25H29BrN2O3S. The molecule has 0 aliphatic carbocycles. The maximum atomic E-state index is 12.6. The molecule has 7 heteroatoms. The van der Waals surface area contributed by atoms with E-state index in [2.05, 4.69) is 41.9 Å². The third kappa shape index (κ3) is 7.26. The van der Waals surface area contributed by atoms with Crippen molar-refractivity contribution in [2.75, 3.05) is 6.54 Å². The van der Waals surface area contributed by atoms with Crippen molar-refractivity contribution in [1.82, 2.24) is 4.31 Å². The predicted octanol–water partition coefficient (Wildman–Crippen LogP) is 6.28. The van der Waals surface area contributed by atoms with Crippen LogP contribution in [0.2, 0.25) is 0 Å². The van der Waals surface area contributed by atoms with Crippen molar-refractivity contribution >= 4 is 33.8 Å². The zero-order chi connectivity index (χ0) is 23.5. The van der Waals surface area contributed by atoms with Crippen LogP contribution in [0.15, 0.2) is 45.8 Å². The predicted molar refractivity (Wildman–Crippen MR) is 130 cm³/mol. The fourth-order valence-corrected chi connectivity index (χ4v) is 5.04. The van der Waals surface area contributed by atoms with Gasteiger partial charge in [0.15, 0.2) is 0 Å². The number of carbonyl (C=O) groups excluding carboxylic acids is 1. The van der Waals surface area contributed by atoms with E-state index < -0.39 is 5.60 Å². The first-order valence-electron chi connectivity index (χ1n) is 10.6. The largest absolute Gasteiger partial charge is 0.488 e. The number of hydrogen-bond donors (Lipinski definition) is 0. The molecule has 0 amide bonds. The molecule has 0 saturated carbocycles. The van der Waals surface area contributed by atoms with E-state index in [4.69, 9.17) is 9.47 Å². The Kier molecular flexibility index (Phi) is 7.59. The Balaban J connectivity index is 1.82. The first kappa shape index (κ1) is 24.6. The van der Waals surface area contributed by atoms with Gasteiger partial charge in [0.25, 0.3) is 0 Å². The van der Waals surface area contributed by atoms with Gasteiger partial charge in [-0.15, -0.1) is 0 Å². The fraction of sp³-hybridized carbons (Fsp3) is 0.440. The maximum absolute atomic E-state index is 12.6. The van der Waals surface area contributed by atoms with E-state index in [0.717, 1.165) is 33.5 Å². The summed E-state index contributed by atoms with van der Waals surface area (Å²) in [7, 11) is 0. The minimum Gasteiger partial charge on any atom is -0.488 e. The Bertz CT molecular complexity index is 1040. The molecule has 0 unspecified atom stereocenters. The summed E-state index contributed by atoms with van der Waals surface area (Å²) in [6.07, 6.45) is 1.92. The molecule has 3 rings (SSSR count). The molecule has 0 aromatic heterocycles. The number of halogens is 1. The van der Waals surface area contributed by atoms with Crippen LogP contribution < -0.4 is 4.74 Å². The standard InChI is InChI=1S/C25H29BrN2O3S/c1-24(2,3)31-23(29)16-28(15-18-10-17(14-27)11-20(26)12-18)32-21-6-7-22-19(13-21)8-9-25(4,5)30-22/h6-7,10-13H,8-9,15-16H2,1-5H3. The number of esters is 1. The average Bonchev–Trinajstić information content (AvgIpc) is 2.65. The van der Waals surface area contributed by atoms with E-state index in [1.54, 1.807) is 6.07 Å². The quantitative estimate of drug-likeness (QED) is 0.332. The lowest BCUT2D eigenvalue weighted by Gasteiger charge is -2.33. The molecule has 1 aliphatic heterocycles. The number of benzene rings is 2. The van der Waals surface area contributed by atoms with Crippen molar-refractivity contribution in [1.29, 1.82) is 5.26 Å². The number of carbonyl (C=O) groups is 1. The first-order valence-corrected chi connectivity index (χ1v) is 12.2. The molecule has 5 nitrogen and oxygen atoms in total. The van der Waals surface area contributed by atoms with Crippen LogP contribution in [-0.2, 0) is 22.5 Å². The van der Waals surface area contributed by atoms with Crippen molar-refractivity contribution in [3.63, 3.8) is 0 Å². The van der Waals surface area contributed by atoms with Gasteiger partial charge in [0, 0.05) is 15.9 Å². The van der Waals surface area contributed by atoms with Crippen LogP contribution in [0, 0.1) is 11.3 Å². The highest BCUT2D eigenvalue weighted by atomic mass is 79.9. The van der Waals surface area contributed by atoms with Crippen LogP contribution >= 0.6 is 27.9 Å². The molecule has 170 valence electrons. The molecule has 0 fully saturated rings.